The molecule has 2 aromatic rings. The van der Waals surface area contributed by atoms with Crippen LogP contribution in [0.15, 0.2) is 53.5 Å². The smallest absolute Gasteiger partial charge is 0.262 e. The van der Waals surface area contributed by atoms with Crippen molar-refractivity contribution in [2.45, 2.75) is 13.5 Å². The molecule has 0 atom stereocenters. The molecular weight excluding hydrogens is 330 g/mol. The summed E-state index contributed by atoms with van der Waals surface area (Å²) in [7, 11) is 0. The van der Waals surface area contributed by atoms with Gasteiger partial charge < -0.3 is 4.57 Å². The van der Waals surface area contributed by atoms with Gasteiger partial charge in [-0.15, -0.1) is 0 Å². The lowest BCUT2D eigenvalue weighted by Crippen LogP contribution is -2.43. The maximum Gasteiger partial charge on any atom is 0.262 e. The van der Waals surface area contributed by atoms with Gasteiger partial charge >= 0.3 is 0 Å². The van der Waals surface area contributed by atoms with E-state index in [4.69, 9.17) is 11.6 Å². The van der Waals surface area contributed by atoms with Crippen LogP contribution in [0.2, 0.25) is 5.02 Å². The van der Waals surface area contributed by atoms with Crippen molar-refractivity contribution < 1.29 is 9.59 Å². The second kappa shape index (κ2) is 8.12. The van der Waals surface area contributed by atoms with Crippen molar-refractivity contribution in [3.05, 3.63) is 75.2 Å². The maximum absolute atomic E-state index is 11.7. The lowest BCUT2D eigenvalue weighted by Gasteiger charge is -2.07. The Morgan fingerprint density at radius 2 is 2.00 bits per heavy atom. The van der Waals surface area contributed by atoms with Crippen LogP contribution in [0.25, 0.3) is 6.08 Å². The number of carbonyl (C=O) groups is 2. The van der Waals surface area contributed by atoms with Gasteiger partial charge in [0.05, 0.1) is 0 Å². The summed E-state index contributed by atoms with van der Waals surface area (Å²) in [5.74, 6) is -1.01. The molecule has 1 aromatic carbocycles. The fourth-order valence-corrected chi connectivity index (χ4v) is 2.03. The van der Waals surface area contributed by atoms with Crippen LogP contribution < -0.4 is 16.4 Å². The topological polar surface area (TPSA) is 80.2 Å². The zero-order valence-corrected chi connectivity index (χ0v) is 13.7. The molecule has 0 saturated heterocycles. The summed E-state index contributed by atoms with van der Waals surface area (Å²) in [5.41, 5.74) is 5.90. The summed E-state index contributed by atoms with van der Waals surface area (Å²) >= 11 is 6.00. The van der Waals surface area contributed by atoms with Crippen molar-refractivity contribution in [1.82, 2.24) is 15.4 Å². The first kappa shape index (κ1) is 17.5. The van der Waals surface area contributed by atoms with Crippen molar-refractivity contribution in [2.24, 2.45) is 0 Å². The number of hydrogen-bond acceptors (Lipinski definition) is 3. The summed E-state index contributed by atoms with van der Waals surface area (Å²) in [5, 5.41) is 0.610. The monoisotopic (exact) mass is 345 g/mol. The first-order chi connectivity index (χ1) is 11.5. The highest BCUT2D eigenvalue weighted by molar-refractivity contribution is 6.31. The number of rotatable bonds is 4. The molecule has 0 unspecified atom stereocenters. The van der Waals surface area contributed by atoms with Gasteiger partial charge in [-0.25, -0.2) is 0 Å². The number of benzene rings is 1. The van der Waals surface area contributed by atoms with Crippen LogP contribution in [0, 0.1) is 6.92 Å². The molecule has 2 amide bonds. The second-order valence-electron chi connectivity index (χ2n) is 5.05. The van der Waals surface area contributed by atoms with Crippen LogP contribution in [-0.4, -0.2) is 16.4 Å². The minimum Gasteiger partial charge on any atom is -0.306 e. The molecule has 0 saturated carbocycles. The number of aryl methyl sites for hydroxylation is 1. The summed E-state index contributed by atoms with van der Waals surface area (Å²) in [6.45, 7) is 1.70. The number of pyridine rings is 1. The molecule has 0 aliphatic carbocycles. The second-order valence-corrected chi connectivity index (χ2v) is 5.45. The van der Waals surface area contributed by atoms with Crippen molar-refractivity contribution in [3.63, 3.8) is 0 Å². The van der Waals surface area contributed by atoms with Crippen LogP contribution in [0.4, 0.5) is 0 Å². The van der Waals surface area contributed by atoms with E-state index in [2.05, 4.69) is 10.9 Å². The first-order valence-electron chi connectivity index (χ1n) is 7.14. The molecule has 1 aromatic heterocycles. The van der Waals surface area contributed by atoms with Crippen LogP contribution in [0.3, 0.4) is 0 Å². The lowest BCUT2D eigenvalue weighted by atomic mass is 10.1. The highest BCUT2D eigenvalue weighted by Gasteiger charge is 2.04. The third-order valence-corrected chi connectivity index (χ3v) is 3.57. The van der Waals surface area contributed by atoms with E-state index in [1.54, 1.807) is 24.3 Å². The summed E-state index contributed by atoms with van der Waals surface area (Å²) in [6, 6.07) is 9.98. The van der Waals surface area contributed by atoms with Gasteiger partial charge in [-0.1, -0.05) is 29.8 Å². The third-order valence-electron chi connectivity index (χ3n) is 3.16. The number of nitrogens with one attached hydrogen (secondary N) is 2. The van der Waals surface area contributed by atoms with E-state index >= 15 is 0 Å². The van der Waals surface area contributed by atoms with E-state index in [-0.39, 0.29) is 12.1 Å². The van der Waals surface area contributed by atoms with E-state index in [9.17, 15) is 14.4 Å². The van der Waals surface area contributed by atoms with Gasteiger partial charge in [0, 0.05) is 23.4 Å². The molecule has 2 rings (SSSR count). The van der Waals surface area contributed by atoms with E-state index in [0.29, 0.717) is 5.02 Å². The van der Waals surface area contributed by atoms with Crippen LogP contribution in [0.1, 0.15) is 11.1 Å². The van der Waals surface area contributed by atoms with Gasteiger partial charge in [-0.2, -0.15) is 0 Å². The predicted molar refractivity (Wildman–Crippen MR) is 92.2 cm³/mol. The number of nitrogens with zero attached hydrogens (tertiary/aromatic N) is 1. The van der Waals surface area contributed by atoms with Crippen molar-refractivity contribution in [2.75, 3.05) is 0 Å². The van der Waals surface area contributed by atoms with Crippen LogP contribution in [-0.2, 0) is 16.1 Å². The summed E-state index contributed by atoms with van der Waals surface area (Å²) in [6.07, 6.45) is 4.34. The molecule has 24 heavy (non-hydrogen) atoms. The largest absolute Gasteiger partial charge is 0.306 e. The van der Waals surface area contributed by atoms with E-state index in [1.807, 2.05) is 19.1 Å². The molecule has 0 spiro atoms. The number of hydrazine groups is 1. The van der Waals surface area contributed by atoms with Gasteiger partial charge in [0.25, 0.3) is 17.4 Å². The first-order valence-corrected chi connectivity index (χ1v) is 7.52. The molecule has 0 bridgehead atoms. The molecule has 6 nitrogen and oxygen atoms in total. The fraction of sp³-hybridized carbons (Fsp3) is 0.118. The highest BCUT2D eigenvalue weighted by atomic mass is 35.5. The minimum atomic E-state index is -0.511. The average Bonchev–Trinajstić information content (AvgIpc) is 2.56. The standard InChI is InChI=1S/C17H16ClN3O3/c1-12-5-6-13(10-14(12)18)7-8-15(22)19-20-16(23)11-21-9-3-2-4-17(21)24/h2-10H,11H2,1H3,(H,19,22)(H,20,23)/b8-7+. The Morgan fingerprint density at radius 3 is 2.71 bits per heavy atom. The maximum atomic E-state index is 11.7. The number of amides is 2. The third kappa shape index (κ3) is 5.10. The Morgan fingerprint density at radius 1 is 1.21 bits per heavy atom. The number of hydrogen-bond donors (Lipinski definition) is 2. The quantitative estimate of drug-likeness (QED) is 0.653. The predicted octanol–water partition coefficient (Wildman–Crippen LogP) is 1.67. The van der Waals surface area contributed by atoms with Gasteiger partial charge in [0.2, 0.25) is 0 Å². The van der Waals surface area contributed by atoms with Gasteiger partial charge in [-0.05, 0) is 36.3 Å². The van der Waals surface area contributed by atoms with Crippen molar-refractivity contribution >= 4 is 29.5 Å². The summed E-state index contributed by atoms with van der Waals surface area (Å²) < 4.78 is 1.23. The van der Waals surface area contributed by atoms with Gasteiger partial charge in [0.15, 0.2) is 0 Å². The normalized spacial score (nSPS) is 10.6. The van der Waals surface area contributed by atoms with Crippen molar-refractivity contribution in [1.29, 1.82) is 0 Å². The Bertz CT molecular complexity index is 843. The van der Waals surface area contributed by atoms with Crippen molar-refractivity contribution in [3.8, 4) is 0 Å². The zero-order chi connectivity index (χ0) is 17.5. The Labute approximate surface area is 143 Å². The van der Waals surface area contributed by atoms with Gasteiger partial charge in [-0.3, -0.25) is 25.2 Å². The molecule has 7 heteroatoms. The van der Waals surface area contributed by atoms with E-state index < -0.39 is 11.8 Å². The number of halogens is 1. The van der Waals surface area contributed by atoms with Gasteiger partial charge in [0.1, 0.15) is 6.54 Å². The molecule has 124 valence electrons. The number of aromatic nitrogens is 1. The molecule has 1 heterocycles. The summed E-state index contributed by atoms with van der Waals surface area (Å²) in [4.78, 5) is 34.9. The molecule has 0 aliphatic rings. The molecule has 2 N–H and O–H groups in total. The highest BCUT2D eigenvalue weighted by Crippen LogP contribution is 2.17. The molecule has 0 radical (unpaired) electrons. The molecule has 0 fully saturated rings. The molecular formula is C17H16ClN3O3. The van der Waals surface area contributed by atoms with E-state index in [0.717, 1.165) is 11.1 Å². The SMILES string of the molecule is Cc1ccc(/C=C/C(=O)NNC(=O)Cn2ccccc2=O)cc1Cl. The van der Waals surface area contributed by atoms with Crippen LogP contribution in [0.5, 0.6) is 0 Å². The number of carbonyl (C=O) groups excluding carboxylic acids is 2. The Kier molecular flexibility index (Phi) is 5.92. The van der Waals surface area contributed by atoms with E-state index in [1.165, 1.54) is 22.9 Å². The average molecular weight is 346 g/mol. The van der Waals surface area contributed by atoms with Crippen LogP contribution >= 0.6 is 11.6 Å². The Hall–Kier alpha value is -2.86. The fourth-order valence-electron chi connectivity index (χ4n) is 1.84. The lowest BCUT2D eigenvalue weighted by molar-refractivity contribution is -0.127. The Balaban J connectivity index is 1.85. The minimum absolute atomic E-state index is 0.183. The molecule has 0 aliphatic heterocycles. The zero-order valence-electron chi connectivity index (χ0n) is 13.0.